The lowest BCUT2D eigenvalue weighted by molar-refractivity contribution is 0.106. The van der Waals surface area contributed by atoms with Crippen molar-refractivity contribution in [2.75, 3.05) is 49.1 Å². The van der Waals surface area contributed by atoms with Gasteiger partial charge in [0, 0.05) is 53.7 Å². The highest BCUT2D eigenvalue weighted by atomic mass is 79.9. The van der Waals surface area contributed by atoms with Gasteiger partial charge in [-0.25, -0.2) is 9.18 Å². The summed E-state index contributed by atoms with van der Waals surface area (Å²) in [6.07, 6.45) is 3.34. The van der Waals surface area contributed by atoms with Crippen molar-refractivity contribution < 1.29 is 19.0 Å². The van der Waals surface area contributed by atoms with E-state index in [2.05, 4.69) is 67.0 Å². The molecule has 2 aromatic carbocycles. The van der Waals surface area contributed by atoms with E-state index in [1.54, 1.807) is 4.90 Å². The molecule has 8 rings (SSSR count). The van der Waals surface area contributed by atoms with Crippen molar-refractivity contribution in [3.8, 4) is 6.01 Å². The maximum absolute atomic E-state index is 14.5. The Hall–Kier alpha value is -3.18. The molecule has 4 atom stereocenters. The topological polar surface area (TPSA) is 85.3 Å². The molecule has 2 unspecified atom stereocenters. The van der Waals surface area contributed by atoms with Crippen molar-refractivity contribution in [1.82, 2.24) is 19.8 Å². The SMILES string of the molecule is O=C(O)N1[C@@H]2CC[C@H]1CN(c1nc(OCC34CCCN3CC(F)C4)nc3c1CCN(c1cccc4cccc(Br)c14)C3)C2. The second kappa shape index (κ2) is 10.5. The van der Waals surface area contributed by atoms with Gasteiger partial charge in [0.05, 0.1) is 29.9 Å². The Morgan fingerprint density at radius 3 is 2.65 bits per heavy atom. The highest BCUT2D eigenvalue weighted by Gasteiger charge is 2.49. The molecule has 9 nitrogen and oxygen atoms in total. The number of hydrogen-bond donors (Lipinski definition) is 1. The Balaban J connectivity index is 1.14. The summed E-state index contributed by atoms with van der Waals surface area (Å²) in [6, 6.07) is 12.9. The minimum absolute atomic E-state index is 0.0368. The van der Waals surface area contributed by atoms with E-state index in [0.29, 0.717) is 45.2 Å². The van der Waals surface area contributed by atoms with Gasteiger partial charge < -0.3 is 19.6 Å². The first-order chi connectivity index (χ1) is 20.9. The lowest BCUT2D eigenvalue weighted by Gasteiger charge is -2.41. The predicted octanol–water partition coefficient (Wildman–Crippen LogP) is 5.24. The smallest absolute Gasteiger partial charge is 0.407 e. The standard InChI is InChI=1S/C32H36BrFN6O3/c33-25-6-1-4-20-5-2-7-27(28(20)25)37-13-10-24-26(18-37)35-30(43-19-32-11-3-12-39(32)15-21(34)14-32)36-29(24)38-16-22-8-9-23(17-38)40(22)31(41)42/h1-2,4-7,21-23H,3,8-19H2,(H,41,42)/t21?,22-,23+,32?. The van der Waals surface area contributed by atoms with E-state index in [1.165, 1.54) is 10.8 Å². The molecule has 0 spiro atoms. The van der Waals surface area contributed by atoms with Crippen molar-refractivity contribution in [3.05, 3.63) is 52.1 Å². The number of amides is 1. The maximum atomic E-state index is 14.5. The van der Waals surface area contributed by atoms with E-state index >= 15 is 0 Å². The van der Waals surface area contributed by atoms with Gasteiger partial charge in [0.1, 0.15) is 18.6 Å². The molecular formula is C32H36BrFN6O3. The summed E-state index contributed by atoms with van der Waals surface area (Å²) in [5.74, 6) is 0.872. The van der Waals surface area contributed by atoms with Crippen molar-refractivity contribution in [1.29, 1.82) is 0 Å². The van der Waals surface area contributed by atoms with Crippen molar-refractivity contribution in [3.63, 3.8) is 0 Å². The lowest BCUT2D eigenvalue weighted by atomic mass is 9.95. The third-order valence-corrected chi connectivity index (χ3v) is 11.1. The summed E-state index contributed by atoms with van der Waals surface area (Å²) in [5.41, 5.74) is 2.94. The van der Waals surface area contributed by atoms with Crippen LogP contribution >= 0.6 is 15.9 Å². The van der Waals surface area contributed by atoms with Gasteiger partial charge in [-0.15, -0.1) is 0 Å². The molecule has 4 saturated heterocycles. The van der Waals surface area contributed by atoms with Crippen LogP contribution in [0, 0.1) is 0 Å². The molecule has 3 aromatic rings. The molecular weight excluding hydrogens is 615 g/mol. The molecule has 2 bridgehead atoms. The van der Waals surface area contributed by atoms with Crippen molar-refractivity contribution >= 4 is 44.3 Å². The Morgan fingerprint density at radius 2 is 1.86 bits per heavy atom. The summed E-state index contributed by atoms with van der Waals surface area (Å²) in [6.45, 7) is 4.44. The second-order valence-corrected chi connectivity index (χ2v) is 13.7. The number of benzene rings is 2. The van der Waals surface area contributed by atoms with Gasteiger partial charge in [0.15, 0.2) is 0 Å². The van der Waals surface area contributed by atoms with Gasteiger partial charge in [-0.05, 0) is 56.2 Å². The molecule has 5 aliphatic heterocycles. The molecule has 1 N–H and O–H groups in total. The maximum Gasteiger partial charge on any atom is 0.407 e. The number of hydrogen-bond acceptors (Lipinski definition) is 7. The number of alkyl halides is 1. The Bertz CT molecular complexity index is 1570. The Labute approximate surface area is 258 Å². The van der Waals surface area contributed by atoms with Gasteiger partial charge in [0.2, 0.25) is 0 Å². The lowest BCUT2D eigenvalue weighted by Crippen LogP contribution is -2.56. The third kappa shape index (κ3) is 4.61. The zero-order valence-electron chi connectivity index (χ0n) is 24.1. The van der Waals surface area contributed by atoms with Crippen LogP contribution in [-0.4, -0.2) is 94.1 Å². The summed E-state index contributed by atoms with van der Waals surface area (Å²) >= 11 is 3.78. The summed E-state index contributed by atoms with van der Waals surface area (Å²) in [4.78, 5) is 30.5. The molecule has 0 saturated carbocycles. The minimum Gasteiger partial charge on any atom is -0.465 e. The normalized spacial score (nSPS) is 28.4. The first-order valence-corrected chi connectivity index (χ1v) is 16.3. The monoisotopic (exact) mass is 650 g/mol. The molecule has 5 aliphatic rings. The van der Waals surface area contributed by atoms with Gasteiger partial charge in [0.25, 0.3) is 0 Å². The molecule has 226 valence electrons. The third-order valence-electron chi connectivity index (χ3n) is 10.4. The van der Waals surface area contributed by atoms with Gasteiger partial charge in [-0.3, -0.25) is 9.80 Å². The second-order valence-electron chi connectivity index (χ2n) is 12.9. The molecule has 4 fully saturated rings. The van der Waals surface area contributed by atoms with Gasteiger partial charge in [-0.2, -0.15) is 9.97 Å². The van der Waals surface area contributed by atoms with Gasteiger partial charge >= 0.3 is 12.1 Å². The first kappa shape index (κ1) is 27.4. The van der Waals surface area contributed by atoms with Crippen LogP contribution in [0.3, 0.4) is 0 Å². The van der Waals surface area contributed by atoms with Crippen LogP contribution in [0.4, 0.5) is 20.7 Å². The fourth-order valence-electron chi connectivity index (χ4n) is 8.50. The van der Waals surface area contributed by atoms with Crippen LogP contribution in [0.15, 0.2) is 40.9 Å². The van der Waals surface area contributed by atoms with E-state index in [1.807, 2.05) is 0 Å². The van der Waals surface area contributed by atoms with Crippen LogP contribution in [0.2, 0.25) is 0 Å². The number of carboxylic acid groups (broad SMARTS) is 1. The molecule has 0 aliphatic carbocycles. The fraction of sp³-hybridized carbons (Fsp3) is 0.531. The average Bonchev–Trinajstić information content (AvgIpc) is 3.62. The fourth-order valence-corrected chi connectivity index (χ4v) is 9.08. The zero-order chi connectivity index (χ0) is 29.3. The Kier molecular flexibility index (Phi) is 6.67. The zero-order valence-corrected chi connectivity index (χ0v) is 25.7. The molecule has 0 radical (unpaired) electrons. The van der Waals surface area contributed by atoms with Crippen LogP contribution in [0.5, 0.6) is 6.01 Å². The minimum atomic E-state index is -0.833. The number of anilines is 2. The highest BCUT2D eigenvalue weighted by Crippen LogP contribution is 2.42. The predicted molar refractivity (Wildman–Crippen MR) is 166 cm³/mol. The molecule has 1 aromatic heterocycles. The van der Waals surface area contributed by atoms with Gasteiger partial charge in [-0.1, -0.05) is 40.2 Å². The molecule has 43 heavy (non-hydrogen) atoms. The summed E-state index contributed by atoms with van der Waals surface area (Å²) in [5, 5.41) is 12.2. The number of carbonyl (C=O) groups is 1. The Morgan fingerprint density at radius 1 is 1.07 bits per heavy atom. The molecule has 1 amide bonds. The largest absolute Gasteiger partial charge is 0.465 e. The number of piperazine rings is 1. The van der Waals surface area contributed by atoms with Crippen LogP contribution in [-0.2, 0) is 13.0 Å². The number of halogens is 2. The van der Waals surface area contributed by atoms with Crippen molar-refractivity contribution in [2.45, 2.75) is 68.9 Å². The number of aromatic nitrogens is 2. The van der Waals surface area contributed by atoms with Crippen LogP contribution < -0.4 is 14.5 Å². The molecule has 11 heteroatoms. The number of fused-ring (bicyclic) bond motifs is 5. The summed E-state index contributed by atoms with van der Waals surface area (Å²) < 4.78 is 21.9. The number of nitrogens with zero attached hydrogens (tertiary/aromatic N) is 6. The number of ether oxygens (including phenoxy) is 1. The van der Waals surface area contributed by atoms with E-state index in [0.717, 1.165) is 72.4 Å². The molecule has 6 heterocycles. The van der Waals surface area contributed by atoms with E-state index in [9.17, 15) is 14.3 Å². The first-order valence-electron chi connectivity index (χ1n) is 15.5. The number of rotatable bonds is 5. The quantitative estimate of drug-likeness (QED) is 0.401. The average molecular weight is 652 g/mol. The van der Waals surface area contributed by atoms with Crippen LogP contribution in [0.25, 0.3) is 10.8 Å². The van der Waals surface area contributed by atoms with Crippen LogP contribution in [0.1, 0.15) is 43.4 Å². The van der Waals surface area contributed by atoms with E-state index in [-0.39, 0.29) is 17.6 Å². The van der Waals surface area contributed by atoms with E-state index < -0.39 is 12.3 Å². The highest BCUT2D eigenvalue weighted by molar-refractivity contribution is 9.10. The van der Waals surface area contributed by atoms with Crippen molar-refractivity contribution in [2.24, 2.45) is 0 Å². The summed E-state index contributed by atoms with van der Waals surface area (Å²) in [7, 11) is 0. The van der Waals surface area contributed by atoms with E-state index in [4.69, 9.17) is 14.7 Å².